The van der Waals surface area contributed by atoms with Gasteiger partial charge in [-0.2, -0.15) is 0 Å². The van der Waals surface area contributed by atoms with Gasteiger partial charge in [-0.05, 0) is 61.7 Å². The second-order valence-electron chi connectivity index (χ2n) is 8.76. The van der Waals surface area contributed by atoms with Crippen LogP contribution in [0.1, 0.15) is 50.0 Å². The smallest absolute Gasteiger partial charge is 0.303 e. The van der Waals surface area contributed by atoms with Gasteiger partial charge in [0.15, 0.2) is 0 Å². The number of carboxylic acid groups (broad SMARTS) is 1. The molecule has 0 aliphatic carbocycles. The van der Waals surface area contributed by atoms with Gasteiger partial charge in [0.25, 0.3) is 5.91 Å². The topological polar surface area (TPSA) is 92.9 Å². The Hall–Kier alpha value is -4.39. The lowest BCUT2D eigenvalue weighted by Crippen LogP contribution is -2.32. The van der Waals surface area contributed by atoms with Crippen molar-refractivity contribution in [3.05, 3.63) is 108 Å². The number of nitrogens with zero attached hydrogens (tertiary/aromatic N) is 2. The fraction of sp³-hybridized carbons (Fsp3) is 0.258. The zero-order valence-electron chi connectivity index (χ0n) is 23.1. The summed E-state index contributed by atoms with van der Waals surface area (Å²) in [5.41, 5.74) is 2.35. The summed E-state index contributed by atoms with van der Waals surface area (Å²) in [7, 11) is 0. The van der Waals surface area contributed by atoms with Crippen molar-refractivity contribution in [2.24, 2.45) is 0 Å². The molecule has 4 aromatic rings. The molecule has 7 heteroatoms. The molecule has 196 valence electrons. The minimum atomic E-state index is -2.06. The fourth-order valence-electron chi connectivity index (χ4n) is 3.94. The number of pyridine rings is 1. The van der Waals surface area contributed by atoms with Gasteiger partial charge in [-0.1, -0.05) is 36.4 Å². The van der Waals surface area contributed by atoms with Gasteiger partial charge in [0, 0.05) is 57.2 Å². The molecule has 0 unspecified atom stereocenters. The van der Waals surface area contributed by atoms with E-state index in [1.807, 2.05) is 24.3 Å². The van der Waals surface area contributed by atoms with Crippen molar-refractivity contribution in [1.82, 2.24) is 9.88 Å². The SMILES string of the molecule is [2H]C([2H])(Cc1ccccn1)N(Cc1ccccc1OCCCCCC(=O)O)C(=O)c1ccc(-c2ccco2)cc1. The van der Waals surface area contributed by atoms with E-state index in [1.54, 1.807) is 67.1 Å². The summed E-state index contributed by atoms with van der Waals surface area (Å²) < 4.78 is 29.3. The number of carboxylic acids is 1. The Balaban J connectivity index is 1.55. The predicted octanol–water partition coefficient (Wildman–Crippen LogP) is 6.25. The number of aryl methyl sites for hydroxylation is 1. The van der Waals surface area contributed by atoms with Crippen molar-refractivity contribution in [2.45, 2.75) is 38.6 Å². The molecule has 2 aromatic carbocycles. The number of unbranched alkanes of at least 4 members (excludes halogenated alkanes) is 2. The molecular weight excluding hydrogens is 480 g/mol. The molecule has 0 aliphatic rings. The van der Waals surface area contributed by atoms with E-state index in [0.29, 0.717) is 47.8 Å². The van der Waals surface area contributed by atoms with Gasteiger partial charge in [0.1, 0.15) is 11.5 Å². The number of rotatable bonds is 14. The van der Waals surface area contributed by atoms with Crippen molar-refractivity contribution in [1.29, 1.82) is 0 Å². The van der Waals surface area contributed by atoms with Crippen molar-refractivity contribution in [2.75, 3.05) is 13.1 Å². The third-order valence-corrected chi connectivity index (χ3v) is 5.95. The van der Waals surface area contributed by atoms with Gasteiger partial charge in [-0.25, -0.2) is 0 Å². The molecule has 0 atom stereocenters. The second kappa shape index (κ2) is 13.8. The predicted molar refractivity (Wildman–Crippen MR) is 145 cm³/mol. The van der Waals surface area contributed by atoms with Gasteiger partial charge in [0.05, 0.1) is 12.9 Å². The summed E-state index contributed by atoms with van der Waals surface area (Å²) in [5.74, 6) is -0.0438. The number of carbonyl (C=O) groups excluding carboxylic acids is 1. The first-order valence-corrected chi connectivity index (χ1v) is 12.6. The number of furan rings is 1. The molecule has 2 aromatic heterocycles. The van der Waals surface area contributed by atoms with E-state index in [9.17, 15) is 9.59 Å². The Bertz CT molecular complexity index is 1380. The number of hydrogen-bond acceptors (Lipinski definition) is 5. The maximum absolute atomic E-state index is 13.8. The van der Waals surface area contributed by atoms with E-state index in [4.69, 9.17) is 17.0 Å². The minimum absolute atomic E-state index is 0.0200. The van der Waals surface area contributed by atoms with Gasteiger partial charge in [-0.15, -0.1) is 0 Å². The van der Waals surface area contributed by atoms with Crippen LogP contribution in [0.2, 0.25) is 0 Å². The van der Waals surface area contributed by atoms with E-state index >= 15 is 0 Å². The highest BCUT2D eigenvalue weighted by Gasteiger charge is 2.19. The zero-order valence-corrected chi connectivity index (χ0v) is 21.1. The molecule has 0 aliphatic heterocycles. The third kappa shape index (κ3) is 7.80. The molecule has 0 radical (unpaired) electrons. The number of benzene rings is 2. The van der Waals surface area contributed by atoms with Crippen LogP contribution < -0.4 is 4.74 Å². The second-order valence-corrected chi connectivity index (χ2v) is 8.76. The maximum Gasteiger partial charge on any atom is 0.303 e. The molecule has 0 bridgehead atoms. The van der Waals surface area contributed by atoms with Crippen LogP contribution in [0.3, 0.4) is 0 Å². The van der Waals surface area contributed by atoms with Crippen LogP contribution in [0.15, 0.2) is 95.7 Å². The highest BCUT2D eigenvalue weighted by Crippen LogP contribution is 2.24. The monoisotopic (exact) mass is 514 g/mol. The summed E-state index contributed by atoms with van der Waals surface area (Å²) in [5, 5.41) is 8.81. The Labute approximate surface area is 225 Å². The normalized spacial score (nSPS) is 11.9. The van der Waals surface area contributed by atoms with Crippen molar-refractivity contribution < 1.29 is 26.6 Å². The van der Waals surface area contributed by atoms with Gasteiger partial charge in [0.2, 0.25) is 0 Å². The van der Waals surface area contributed by atoms with Crippen molar-refractivity contribution >= 4 is 11.9 Å². The standard InChI is InChI=1S/C31H32N2O5/c34-30(35)13-2-1-7-21-37-29-11-4-3-9-26(29)23-33(20-18-27-10-5-6-19-32-27)31(36)25-16-14-24(15-17-25)28-12-8-22-38-28/h3-6,8-12,14-17,19,22H,1-2,7,13,18,20-21,23H2,(H,34,35)/i20D2. The zero-order chi connectivity index (χ0) is 28.4. The quantitative estimate of drug-likeness (QED) is 0.200. The van der Waals surface area contributed by atoms with Gasteiger partial charge >= 0.3 is 5.97 Å². The lowest BCUT2D eigenvalue weighted by molar-refractivity contribution is -0.137. The fourth-order valence-corrected chi connectivity index (χ4v) is 3.94. The number of hydrogen-bond donors (Lipinski definition) is 1. The highest BCUT2D eigenvalue weighted by atomic mass is 16.5. The first kappa shape index (κ1) is 24.0. The first-order valence-electron chi connectivity index (χ1n) is 13.6. The number of carbonyl (C=O) groups is 2. The van der Waals surface area contributed by atoms with E-state index in [-0.39, 0.29) is 19.4 Å². The Morgan fingerprint density at radius 2 is 1.76 bits per heavy atom. The molecule has 4 rings (SSSR count). The summed E-state index contributed by atoms with van der Waals surface area (Å²) in [6.07, 6.45) is 5.21. The van der Waals surface area contributed by atoms with E-state index in [0.717, 1.165) is 12.0 Å². The van der Waals surface area contributed by atoms with Crippen molar-refractivity contribution in [3.63, 3.8) is 0 Å². The molecule has 2 heterocycles. The summed E-state index contributed by atoms with van der Waals surface area (Å²) >= 11 is 0. The number of ether oxygens (including phenoxy) is 1. The van der Waals surface area contributed by atoms with E-state index in [1.165, 1.54) is 4.90 Å². The Morgan fingerprint density at radius 1 is 0.947 bits per heavy atom. The summed E-state index contributed by atoms with van der Waals surface area (Å²) in [4.78, 5) is 30.0. The first-order chi connectivity index (χ1) is 19.3. The molecule has 1 N–H and O–H groups in total. The largest absolute Gasteiger partial charge is 0.493 e. The maximum atomic E-state index is 13.8. The van der Waals surface area contributed by atoms with Crippen molar-refractivity contribution in [3.8, 4) is 17.1 Å². The molecule has 0 spiro atoms. The van der Waals surface area contributed by atoms with Crippen LogP contribution in [0.5, 0.6) is 5.75 Å². The molecule has 0 fully saturated rings. The lowest BCUT2D eigenvalue weighted by Gasteiger charge is -2.24. The Kier molecular flexibility index (Phi) is 8.70. The van der Waals surface area contributed by atoms with Crippen LogP contribution in [0.4, 0.5) is 0 Å². The number of amides is 1. The van der Waals surface area contributed by atoms with Crippen LogP contribution in [0.25, 0.3) is 11.3 Å². The molecule has 7 nitrogen and oxygen atoms in total. The molecular formula is C31H32N2O5. The van der Waals surface area contributed by atoms with Crippen LogP contribution in [0, 0.1) is 0 Å². The van der Waals surface area contributed by atoms with Crippen LogP contribution >= 0.6 is 0 Å². The Morgan fingerprint density at radius 3 is 2.50 bits per heavy atom. The van der Waals surface area contributed by atoms with E-state index in [2.05, 4.69) is 4.98 Å². The van der Waals surface area contributed by atoms with Crippen LogP contribution in [-0.2, 0) is 17.8 Å². The summed E-state index contributed by atoms with van der Waals surface area (Å²) in [6.45, 7) is -1.69. The van der Waals surface area contributed by atoms with Gasteiger partial charge in [-0.3, -0.25) is 14.6 Å². The summed E-state index contributed by atoms with van der Waals surface area (Å²) in [6, 6.07) is 23.1. The number of para-hydroxylation sites is 1. The molecule has 0 saturated heterocycles. The molecule has 0 saturated carbocycles. The number of aromatic nitrogens is 1. The number of aliphatic carboxylic acids is 1. The van der Waals surface area contributed by atoms with Crippen LogP contribution in [-0.4, -0.2) is 40.0 Å². The average molecular weight is 515 g/mol. The van der Waals surface area contributed by atoms with E-state index < -0.39 is 18.4 Å². The lowest BCUT2D eigenvalue weighted by atomic mass is 10.1. The third-order valence-electron chi connectivity index (χ3n) is 5.95. The molecule has 38 heavy (non-hydrogen) atoms. The molecule has 1 amide bonds. The average Bonchev–Trinajstić information content (AvgIpc) is 3.49. The highest BCUT2D eigenvalue weighted by molar-refractivity contribution is 5.94. The van der Waals surface area contributed by atoms with Gasteiger partial charge < -0.3 is 19.2 Å². The minimum Gasteiger partial charge on any atom is -0.493 e.